The van der Waals surface area contributed by atoms with Crippen LogP contribution in [0.1, 0.15) is 51.5 Å². The highest BCUT2D eigenvalue weighted by atomic mass is 35.5. The monoisotopic (exact) mass is 485 g/mol. The van der Waals surface area contributed by atoms with Crippen molar-refractivity contribution in [1.29, 1.82) is 0 Å². The zero-order chi connectivity index (χ0) is 24.2. The van der Waals surface area contributed by atoms with Crippen molar-refractivity contribution in [3.63, 3.8) is 0 Å². The van der Waals surface area contributed by atoms with Crippen molar-refractivity contribution in [1.82, 2.24) is 10.2 Å². The predicted molar refractivity (Wildman–Crippen MR) is 129 cm³/mol. The van der Waals surface area contributed by atoms with Crippen molar-refractivity contribution >= 4 is 35.0 Å². The molecule has 5 rings (SSSR count). The quantitative estimate of drug-likeness (QED) is 0.624. The zero-order valence-corrected chi connectivity index (χ0v) is 20.6. The Morgan fingerprint density at radius 2 is 1.91 bits per heavy atom. The van der Waals surface area contributed by atoms with Gasteiger partial charge in [0.15, 0.2) is 0 Å². The van der Waals surface area contributed by atoms with E-state index in [0.29, 0.717) is 10.7 Å². The molecule has 34 heavy (non-hydrogen) atoms. The number of fused-ring (bicyclic) bond motifs is 1. The molecule has 1 aliphatic carbocycles. The van der Waals surface area contributed by atoms with E-state index in [9.17, 15) is 14.4 Å². The number of aryl methyl sites for hydroxylation is 1. The minimum Gasteiger partial charge on any atom is -0.359 e. The number of nitrogens with one attached hydrogen (secondary N) is 2. The summed E-state index contributed by atoms with van der Waals surface area (Å²) in [6, 6.07) is 4.45. The highest BCUT2D eigenvalue weighted by molar-refractivity contribution is 6.31. The van der Waals surface area contributed by atoms with E-state index in [-0.39, 0.29) is 29.8 Å². The van der Waals surface area contributed by atoms with E-state index >= 15 is 0 Å². The molecule has 2 bridgehead atoms. The molecular formula is C26H32ClN3O4. The third-order valence-electron chi connectivity index (χ3n) is 7.81. The molecule has 8 heteroatoms. The molecule has 0 radical (unpaired) electrons. The van der Waals surface area contributed by atoms with Gasteiger partial charge in [-0.1, -0.05) is 49.1 Å². The van der Waals surface area contributed by atoms with E-state index in [1.807, 2.05) is 39.0 Å². The maximum absolute atomic E-state index is 13.7. The van der Waals surface area contributed by atoms with Gasteiger partial charge in [0.25, 0.3) is 0 Å². The number of likely N-dealkylation sites (tertiary alicyclic amines) is 1. The van der Waals surface area contributed by atoms with Crippen molar-refractivity contribution in [3.8, 4) is 0 Å². The van der Waals surface area contributed by atoms with Crippen molar-refractivity contribution < 1.29 is 19.1 Å². The van der Waals surface area contributed by atoms with E-state index < -0.39 is 29.6 Å². The van der Waals surface area contributed by atoms with Gasteiger partial charge in [-0.3, -0.25) is 14.4 Å². The van der Waals surface area contributed by atoms with Crippen molar-refractivity contribution in [3.05, 3.63) is 40.9 Å². The number of anilines is 1. The Kier molecular flexibility index (Phi) is 5.97. The minimum absolute atomic E-state index is 0.119. The van der Waals surface area contributed by atoms with Crippen LogP contribution in [-0.4, -0.2) is 52.5 Å². The van der Waals surface area contributed by atoms with Gasteiger partial charge >= 0.3 is 0 Å². The first kappa shape index (κ1) is 23.4. The van der Waals surface area contributed by atoms with E-state index in [4.69, 9.17) is 16.3 Å². The number of hydrogen-bond donors (Lipinski definition) is 2. The Labute approximate surface area is 205 Å². The maximum Gasteiger partial charge on any atom is 0.246 e. The van der Waals surface area contributed by atoms with Crippen molar-refractivity contribution in [2.24, 2.45) is 11.8 Å². The van der Waals surface area contributed by atoms with Gasteiger partial charge in [-0.2, -0.15) is 0 Å². The van der Waals surface area contributed by atoms with Gasteiger partial charge in [-0.15, -0.1) is 0 Å². The molecular weight excluding hydrogens is 454 g/mol. The number of ether oxygens (including phenoxy) is 1. The lowest BCUT2D eigenvalue weighted by Gasteiger charge is -2.35. The lowest BCUT2D eigenvalue weighted by molar-refractivity contribution is -0.143. The molecule has 1 aromatic carbocycles. The van der Waals surface area contributed by atoms with Gasteiger partial charge < -0.3 is 20.3 Å². The molecule has 1 aromatic rings. The van der Waals surface area contributed by atoms with Gasteiger partial charge in [-0.25, -0.2) is 0 Å². The summed E-state index contributed by atoms with van der Waals surface area (Å²) in [5, 5.41) is 6.66. The standard InChI is InChI=1S/C26H32ClN3O4/c1-14(2)30-22(24(32)28-16-7-5-4-6-8-16)26-12-11-19(34-26)20(21(26)25(30)33)23(31)29-17-10-9-15(3)18(27)13-17/h9-14,16,19-22H,4-8H2,1-3H3,(H,28,32)(H,29,31)/t19-,20+,21-,22+,26-/m1/s1. The molecule has 4 aliphatic rings. The molecule has 2 saturated heterocycles. The minimum atomic E-state index is -1.13. The molecule has 0 unspecified atom stereocenters. The molecule has 3 aliphatic heterocycles. The summed E-state index contributed by atoms with van der Waals surface area (Å²) in [5.74, 6) is -2.15. The van der Waals surface area contributed by atoms with Crippen LogP contribution in [0.4, 0.5) is 5.69 Å². The second-order valence-electron chi connectivity index (χ2n) is 10.3. The van der Waals surface area contributed by atoms with Crippen molar-refractivity contribution in [2.45, 2.75) is 82.7 Å². The third kappa shape index (κ3) is 3.64. The maximum atomic E-state index is 13.7. The molecule has 182 valence electrons. The van der Waals surface area contributed by atoms with E-state index in [1.54, 1.807) is 17.0 Å². The number of halogens is 1. The van der Waals surface area contributed by atoms with Gasteiger partial charge in [0.1, 0.15) is 11.6 Å². The highest BCUT2D eigenvalue weighted by Crippen LogP contribution is 2.55. The van der Waals surface area contributed by atoms with Crippen LogP contribution in [0.2, 0.25) is 5.02 Å². The first-order chi connectivity index (χ1) is 16.2. The molecule has 1 saturated carbocycles. The van der Waals surface area contributed by atoms with Gasteiger partial charge in [-0.05, 0) is 51.3 Å². The lowest BCUT2D eigenvalue weighted by Crippen LogP contribution is -2.57. The molecule has 5 atom stereocenters. The average Bonchev–Trinajstić information content (AvgIpc) is 3.44. The van der Waals surface area contributed by atoms with Crippen LogP contribution in [0.5, 0.6) is 0 Å². The fourth-order valence-electron chi connectivity index (χ4n) is 6.18. The zero-order valence-electron chi connectivity index (χ0n) is 19.8. The molecule has 1 spiro atoms. The Hall–Kier alpha value is -2.38. The summed E-state index contributed by atoms with van der Waals surface area (Å²) < 4.78 is 6.35. The number of nitrogens with zero attached hydrogens (tertiary/aromatic N) is 1. The number of hydrogen-bond acceptors (Lipinski definition) is 4. The van der Waals surface area contributed by atoms with Crippen LogP contribution in [0.25, 0.3) is 0 Å². The van der Waals surface area contributed by atoms with Crippen LogP contribution in [-0.2, 0) is 19.1 Å². The topological polar surface area (TPSA) is 87.7 Å². The van der Waals surface area contributed by atoms with Gasteiger partial charge in [0.05, 0.1) is 17.9 Å². The lowest BCUT2D eigenvalue weighted by atomic mass is 9.74. The number of carbonyl (C=O) groups excluding carboxylic acids is 3. The molecule has 0 aromatic heterocycles. The smallest absolute Gasteiger partial charge is 0.246 e. The van der Waals surface area contributed by atoms with Crippen LogP contribution >= 0.6 is 11.6 Å². The van der Waals surface area contributed by atoms with Gasteiger partial charge in [0.2, 0.25) is 17.7 Å². The van der Waals surface area contributed by atoms with E-state index in [2.05, 4.69) is 10.6 Å². The predicted octanol–water partition coefficient (Wildman–Crippen LogP) is 3.59. The SMILES string of the molecule is Cc1ccc(NC(=O)[C@H]2[C@H]3C=C[C@]4(O3)[C@H](C(=O)NC3CCCCC3)N(C(C)C)C(=O)[C@@H]24)cc1Cl. The van der Waals surface area contributed by atoms with E-state index in [1.165, 1.54) is 6.42 Å². The summed E-state index contributed by atoms with van der Waals surface area (Å²) in [6.07, 6.45) is 8.42. The number of carbonyl (C=O) groups is 3. The normalized spacial score (nSPS) is 32.4. The Balaban J connectivity index is 1.43. The molecule has 3 amide bonds. The second-order valence-corrected chi connectivity index (χ2v) is 10.7. The summed E-state index contributed by atoms with van der Waals surface area (Å²) in [7, 11) is 0. The van der Waals surface area contributed by atoms with Gasteiger partial charge in [0, 0.05) is 22.8 Å². The third-order valence-corrected chi connectivity index (χ3v) is 8.22. The summed E-state index contributed by atoms with van der Waals surface area (Å²) in [5.41, 5.74) is 0.354. The molecule has 2 N–H and O–H groups in total. The van der Waals surface area contributed by atoms with Crippen LogP contribution in [0.15, 0.2) is 30.4 Å². The largest absolute Gasteiger partial charge is 0.359 e. The first-order valence-electron chi connectivity index (χ1n) is 12.3. The van der Waals surface area contributed by atoms with Crippen LogP contribution in [0.3, 0.4) is 0 Å². The van der Waals surface area contributed by atoms with Crippen LogP contribution in [0, 0.1) is 18.8 Å². The molecule has 3 fully saturated rings. The Morgan fingerprint density at radius 3 is 2.59 bits per heavy atom. The Morgan fingerprint density at radius 1 is 1.18 bits per heavy atom. The number of benzene rings is 1. The fourth-order valence-corrected chi connectivity index (χ4v) is 6.37. The Bertz CT molecular complexity index is 1050. The molecule has 7 nitrogen and oxygen atoms in total. The first-order valence-corrected chi connectivity index (χ1v) is 12.7. The van der Waals surface area contributed by atoms with Crippen molar-refractivity contribution in [2.75, 3.05) is 5.32 Å². The highest BCUT2D eigenvalue weighted by Gasteiger charge is 2.73. The summed E-state index contributed by atoms with van der Waals surface area (Å²) >= 11 is 6.23. The van der Waals surface area contributed by atoms with Crippen LogP contribution < -0.4 is 10.6 Å². The van der Waals surface area contributed by atoms with E-state index in [0.717, 1.165) is 31.2 Å². The number of amides is 3. The average molecular weight is 486 g/mol. The number of rotatable bonds is 5. The molecule has 3 heterocycles. The second kappa shape index (κ2) is 8.68. The summed E-state index contributed by atoms with van der Waals surface area (Å²) in [4.78, 5) is 42.4. The summed E-state index contributed by atoms with van der Waals surface area (Å²) in [6.45, 7) is 5.69. The fraction of sp³-hybridized carbons (Fsp3) is 0.577.